The Morgan fingerprint density at radius 3 is 2.93 bits per heavy atom. The molecule has 1 aliphatic heterocycles. The van der Waals surface area contributed by atoms with Gasteiger partial charge in [0, 0.05) is 16.3 Å². The average Bonchev–Trinajstić information content (AvgIpc) is 2.63. The number of anilines is 1. The molecule has 2 rings (SSSR count). The number of para-hydroxylation sites is 1. The zero-order chi connectivity index (χ0) is 10.7. The molecule has 1 fully saturated rings. The highest BCUT2D eigenvalue weighted by molar-refractivity contribution is 7.99. The predicted molar refractivity (Wildman–Crippen MR) is 57.8 cm³/mol. The molecule has 0 saturated carbocycles. The molecule has 1 heterocycles. The lowest BCUT2D eigenvalue weighted by Gasteiger charge is -2.07. The fourth-order valence-electron chi connectivity index (χ4n) is 1.24. The van der Waals surface area contributed by atoms with Crippen LogP contribution >= 0.6 is 11.8 Å². The van der Waals surface area contributed by atoms with Gasteiger partial charge in [-0.25, -0.2) is 4.79 Å². The Morgan fingerprint density at radius 1 is 1.47 bits per heavy atom. The highest BCUT2D eigenvalue weighted by Gasteiger charge is 2.24. The summed E-state index contributed by atoms with van der Waals surface area (Å²) in [4.78, 5) is 11.7. The van der Waals surface area contributed by atoms with E-state index in [4.69, 9.17) is 10.5 Å². The number of hydrogen-bond acceptors (Lipinski definition) is 5. The molecule has 4 nitrogen and oxygen atoms in total. The molecule has 1 aromatic carbocycles. The van der Waals surface area contributed by atoms with Gasteiger partial charge in [-0.15, -0.1) is 11.8 Å². The second-order valence-electron chi connectivity index (χ2n) is 3.15. The van der Waals surface area contributed by atoms with Crippen LogP contribution in [0.5, 0.6) is 0 Å². The Morgan fingerprint density at radius 2 is 2.27 bits per heavy atom. The van der Waals surface area contributed by atoms with E-state index in [1.807, 2.05) is 24.3 Å². The number of nitrogen functional groups attached to an aromatic ring is 1. The number of hydrogen-bond donors (Lipinski definition) is 1. The maximum absolute atomic E-state index is 10.7. The zero-order valence-electron chi connectivity index (χ0n) is 8.01. The summed E-state index contributed by atoms with van der Waals surface area (Å²) in [5.41, 5.74) is 6.52. The first-order chi connectivity index (χ1) is 7.25. The molecule has 0 aliphatic carbocycles. The molecule has 2 N–H and O–H groups in total. The Bertz CT molecular complexity index is 369. The third kappa shape index (κ3) is 2.56. The van der Waals surface area contributed by atoms with Crippen molar-refractivity contribution < 1.29 is 14.3 Å². The molecule has 15 heavy (non-hydrogen) atoms. The lowest BCUT2D eigenvalue weighted by atomic mass is 10.3. The van der Waals surface area contributed by atoms with Gasteiger partial charge in [-0.05, 0) is 12.1 Å². The van der Waals surface area contributed by atoms with Gasteiger partial charge in [-0.2, -0.15) is 0 Å². The molecular weight excluding hydrogens is 214 g/mol. The summed E-state index contributed by atoms with van der Waals surface area (Å²) in [6.45, 7) is 0.332. The molecule has 0 radical (unpaired) electrons. The summed E-state index contributed by atoms with van der Waals surface area (Å²) in [7, 11) is 0. The van der Waals surface area contributed by atoms with Gasteiger partial charge in [-0.3, -0.25) is 0 Å². The Kier molecular flexibility index (Phi) is 3.01. The third-order valence-electron chi connectivity index (χ3n) is 1.99. The summed E-state index contributed by atoms with van der Waals surface area (Å²) < 4.78 is 9.58. The van der Waals surface area contributed by atoms with Crippen LogP contribution in [0.2, 0.25) is 0 Å². The van der Waals surface area contributed by atoms with Crippen molar-refractivity contribution in [2.24, 2.45) is 0 Å². The molecular formula is C10H11NO3S. The lowest BCUT2D eigenvalue weighted by Crippen LogP contribution is -2.12. The van der Waals surface area contributed by atoms with E-state index in [0.29, 0.717) is 12.4 Å². The van der Waals surface area contributed by atoms with E-state index in [-0.39, 0.29) is 6.10 Å². The van der Waals surface area contributed by atoms with Crippen molar-refractivity contribution >= 4 is 23.6 Å². The first-order valence-electron chi connectivity index (χ1n) is 4.56. The van der Waals surface area contributed by atoms with Crippen molar-refractivity contribution in [3.05, 3.63) is 24.3 Å². The predicted octanol–water partition coefficient (Wildman–Crippen LogP) is 1.90. The number of ether oxygens (including phenoxy) is 2. The summed E-state index contributed by atoms with van der Waals surface area (Å²) in [6, 6.07) is 7.60. The van der Waals surface area contributed by atoms with Gasteiger partial charge in [0.25, 0.3) is 0 Å². The summed E-state index contributed by atoms with van der Waals surface area (Å²) in [5, 5.41) is 0. The molecule has 1 saturated heterocycles. The molecule has 0 bridgehead atoms. The first-order valence-corrected chi connectivity index (χ1v) is 5.55. The SMILES string of the molecule is Nc1ccccc1SCC1COC(=O)O1. The van der Waals surface area contributed by atoms with Crippen molar-refractivity contribution in [1.82, 2.24) is 0 Å². The van der Waals surface area contributed by atoms with Crippen LogP contribution in [0.15, 0.2) is 29.2 Å². The Balaban J connectivity index is 1.88. The monoisotopic (exact) mass is 225 g/mol. The zero-order valence-corrected chi connectivity index (χ0v) is 8.83. The minimum Gasteiger partial charge on any atom is -0.430 e. The lowest BCUT2D eigenvalue weighted by molar-refractivity contribution is 0.122. The molecule has 80 valence electrons. The van der Waals surface area contributed by atoms with Gasteiger partial charge in [0.05, 0.1) is 0 Å². The standard InChI is InChI=1S/C10H11NO3S/c11-8-3-1-2-4-9(8)15-6-7-5-13-10(12)14-7/h1-4,7H,5-6,11H2. The molecule has 1 aromatic rings. The number of nitrogens with two attached hydrogens (primary N) is 1. The van der Waals surface area contributed by atoms with Crippen LogP contribution in [0.3, 0.4) is 0 Å². The van der Waals surface area contributed by atoms with Crippen LogP contribution in [0.25, 0.3) is 0 Å². The fourth-order valence-corrected chi connectivity index (χ4v) is 2.18. The Hall–Kier alpha value is -1.36. The topological polar surface area (TPSA) is 61.5 Å². The number of benzene rings is 1. The first kappa shape index (κ1) is 10.2. The summed E-state index contributed by atoms with van der Waals surface area (Å²) in [5.74, 6) is 0.667. The van der Waals surface area contributed by atoms with Gasteiger partial charge in [0.1, 0.15) is 12.7 Å². The minimum absolute atomic E-state index is 0.165. The van der Waals surface area contributed by atoms with Gasteiger partial charge in [0.2, 0.25) is 0 Å². The van der Waals surface area contributed by atoms with Gasteiger partial charge in [0.15, 0.2) is 0 Å². The second kappa shape index (κ2) is 4.44. The van der Waals surface area contributed by atoms with Crippen molar-refractivity contribution in [3.8, 4) is 0 Å². The Labute approximate surface area is 91.7 Å². The van der Waals surface area contributed by atoms with E-state index in [2.05, 4.69) is 4.74 Å². The molecule has 5 heteroatoms. The van der Waals surface area contributed by atoms with Crippen LogP contribution in [0.1, 0.15) is 0 Å². The quantitative estimate of drug-likeness (QED) is 0.483. The van der Waals surface area contributed by atoms with Crippen molar-refractivity contribution in [1.29, 1.82) is 0 Å². The van der Waals surface area contributed by atoms with Crippen molar-refractivity contribution in [2.45, 2.75) is 11.0 Å². The number of thioether (sulfide) groups is 1. The molecule has 0 aromatic heterocycles. The van der Waals surface area contributed by atoms with E-state index in [9.17, 15) is 4.79 Å². The molecule has 1 atom stereocenters. The van der Waals surface area contributed by atoms with Crippen LogP contribution in [-0.4, -0.2) is 24.6 Å². The highest BCUT2D eigenvalue weighted by Crippen LogP contribution is 2.26. The highest BCUT2D eigenvalue weighted by atomic mass is 32.2. The van der Waals surface area contributed by atoms with Crippen molar-refractivity contribution in [2.75, 3.05) is 18.1 Å². The maximum Gasteiger partial charge on any atom is 0.508 e. The molecule has 0 amide bonds. The van der Waals surface area contributed by atoms with Crippen LogP contribution in [0, 0.1) is 0 Å². The fraction of sp³-hybridized carbons (Fsp3) is 0.300. The third-order valence-corrected chi connectivity index (χ3v) is 3.21. The summed E-state index contributed by atoms with van der Waals surface area (Å²) >= 11 is 1.56. The van der Waals surface area contributed by atoms with Gasteiger partial charge >= 0.3 is 6.16 Å². The number of rotatable bonds is 3. The van der Waals surface area contributed by atoms with E-state index >= 15 is 0 Å². The number of carbonyl (C=O) groups is 1. The van der Waals surface area contributed by atoms with E-state index in [0.717, 1.165) is 10.6 Å². The number of cyclic esters (lactones) is 2. The van der Waals surface area contributed by atoms with Gasteiger partial charge in [-0.1, -0.05) is 12.1 Å². The molecule has 0 spiro atoms. The smallest absolute Gasteiger partial charge is 0.430 e. The van der Waals surface area contributed by atoms with Crippen LogP contribution in [-0.2, 0) is 9.47 Å². The largest absolute Gasteiger partial charge is 0.508 e. The van der Waals surface area contributed by atoms with E-state index < -0.39 is 6.16 Å². The summed E-state index contributed by atoms with van der Waals surface area (Å²) in [6.07, 6.45) is -0.747. The van der Waals surface area contributed by atoms with Gasteiger partial charge < -0.3 is 15.2 Å². The minimum atomic E-state index is -0.582. The number of carbonyl (C=O) groups excluding carboxylic acids is 1. The second-order valence-corrected chi connectivity index (χ2v) is 4.21. The molecule has 1 unspecified atom stereocenters. The van der Waals surface area contributed by atoms with Crippen LogP contribution in [0.4, 0.5) is 10.5 Å². The maximum atomic E-state index is 10.7. The van der Waals surface area contributed by atoms with E-state index in [1.165, 1.54) is 0 Å². The van der Waals surface area contributed by atoms with E-state index in [1.54, 1.807) is 11.8 Å². The van der Waals surface area contributed by atoms with Crippen LogP contribution < -0.4 is 5.73 Å². The average molecular weight is 225 g/mol. The molecule has 1 aliphatic rings. The van der Waals surface area contributed by atoms with Crippen molar-refractivity contribution in [3.63, 3.8) is 0 Å². The normalized spacial score (nSPS) is 19.7.